The zero-order valence-corrected chi connectivity index (χ0v) is 16.1. The van der Waals surface area contributed by atoms with E-state index < -0.39 is 18.1 Å². The Labute approximate surface area is 166 Å². The number of nitriles is 1. The Morgan fingerprint density at radius 2 is 1.97 bits per heavy atom. The predicted molar refractivity (Wildman–Crippen MR) is 101 cm³/mol. The molecule has 1 aliphatic heterocycles. The monoisotopic (exact) mass is 406 g/mol. The summed E-state index contributed by atoms with van der Waals surface area (Å²) in [6.07, 6.45) is -1.70. The van der Waals surface area contributed by atoms with Crippen molar-refractivity contribution < 1.29 is 18.0 Å². The molecule has 1 aliphatic rings. The summed E-state index contributed by atoms with van der Waals surface area (Å²) >= 11 is 0. The SMILES string of the molecule is CN(C)CC(=O)N[C@@H]1C[C@H](C(F)(F)F)CN(c2ccc(C#N)c3nccnc23)C1. The molecule has 0 bridgehead atoms. The van der Waals surface area contributed by atoms with Crippen molar-refractivity contribution >= 4 is 22.6 Å². The van der Waals surface area contributed by atoms with Crippen LogP contribution in [0, 0.1) is 17.2 Å². The van der Waals surface area contributed by atoms with Gasteiger partial charge >= 0.3 is 6.18 Å². The zero-order chi connectivity index (χ0) is 21.2. The van der Waals surface area contributed by atoms with E-state index in [-0.39, 0.29) is 32.0 Å². The highest BCUT2D eigenvalue weighted by atomic mass is 19.4. The van der Waals surface area contributed by atoms with Crippen molar-refractivity contribution in [2.75, 3.05) is 38.6 Å². The van der Waals surface area contributed by atoms with Crippen LogP contribution in [-0.2, 0) is 4.79 Å². The van der Waals surface area contributed by atoms with Gasteiger partial charge in [0.15, 0.2) is 0 Å². The van der Waals surface area contributed by atoms with Gasteiger partial charge in [-0.3, -0.25) is 14.8 Å². The summed E-state index contributed by atoms with van der Waals surface area (Å²) in [6, 6.07) is 4.48. The van der Waals surface area contributed by atoms with Crippen LogP contribution in [0.25, 0.3) is 11.0 Å². The first kappa shape index (κ1) is 20.8. The lowest BCUT2D eigenvalue weighted by Gasteiger charge is -2.40. The van der Waals surface area contributed by atoms with Crippen molar-refractivity contribution in [2.45, 2.75) is 18.6 Å². The number of aromatic nitrogens is 2. The summed E-state index contributed by atoms with van der Waals surface area (Å²) in [5, 5.41) is 12.0. The van der Waals surface area contributed by atoms with Gasteiger partial charge in [-0.15, -0.1) is 0 Å². The zero-order valence-electron chi connectivity index (χ0n) is 16.1. The summed E-state index contributed by atoms with van der Waals surface area (Å²) < 4.78 is 40.7. The van der Waals surface area contributed by atoms with Crippen LogP contribution in [0.1, 0.15) is 12.0 Å². The van der Waals surface area contributed by atoms with E-state index in [1.807, 2.05) is 6.07 Å². The highest BCUT2D eigenvalue weighted by Gasteiger charge is 2.45. The average Bonchev–Trinajstić information content (AvgIpc) is 2.65. The number of hydrogen-bond acceptors (Lipinski definition) is 6. The normalized spacial score (nSPS) is 20.0. The fraction of sp³-hybridized carbons (Fsp3) is 0.474. The number of nitrogens with one attached hydrogen (secondary N) is 1. The van der Waals surface area contributed by atoms with E-state index in [9.17, 15) is 23.2 Å². The molecule has 10 heteroatoms. The van der Waals surface area contributed by atoms with Crippen LogP contribution in [-0.4, -0.2) is 66.7 Å². The van der Waals surface area contributed by atoms with E-state index in [2.05, 4.69) is 15.3 Å². The molecule has 7 nitrogen and oxygen atoms in total. The first-order valence-electron chi connectivity index (χ1n) is 9.08. The number of alkyl halides is 3. The minimum Gasteiger partial charge on any atom is -0.367 e. The lowest BCUT2D eigenvalue weighted by atomic mass is 9.92. The lowest BCUT2D eigenvalue weighted by Crippen LogP contribution is -2.54. The standard InChI is InChI=1S/C19H21F3N6O/c1-27(2)11-16(29)26-14-7-13(19(20,21)22)9-28(10-14)15-4-3-12(8-23)17-18(15)25-6-5-24-17/h3-6,13-14H,7,9-11H2,1-2H3,(H,26,29)/t13-,14+/m0/s1. The molecular weight excluding hydrogens is 385 g/mol. The van der Waals surface area contributed by atoms with Gasteiger partial charge in [-0.05, 0) is 32.6 Å². The van der Waals surface area contributed by atoms with Crippen molar-refractivity contribution in [3.63, 3.8) is 0 Å². The van der Waals surface area contributed by atoms with Crippen molar-refractivity contribution in [2.24, 2.45) is 5.92 Å². The Bertz CT molecular complexity index is 940. The average molecular weight is 406 g/mol. The highest BCUT2D eigenvalue weighted by Crippen LogP contribution is 2.36. The van der Waals surface area contributed by atoms with Gasteiger partial charge in [-0.2, -0.15) is 18.4 Å². The van der Waals surface area contributed by atoms with Crippen molar-refractivity contribution in [3.8, 4) is 6.07 Å². The summed E-state index contributed by atoms with van der Waals surface area (Å²) in [7, 11) is 3.43. The highest BCUT2D eigenvalue weighted by molar-refractivity contribution is 5.92. The molecule has 154 valence electrons. The molecule has 0 saturated carbocycles. The second-order valence-electron chi connectivity index (χ2n) is 7.38. The summed E-state index contributed by atoms with van der Waals surface area (Å²) in [5.74, 6) is -1.92. The van der Waals surface area contributed by atoms with E-state index in [1.54, 1.807) is 30.0 Å². The Balaban J connectivity index is 1.94. The molecule has 0 radical (unpaired) electrons. The maximum Gasteiger partial charge on any atom is 0.393 e. The smallest absolute Gasteiger partial charge is 0.367 e. The van der Waals surface area contributed by atoms with E-state index >= 15 is 0 Å². The molecule has 2 atom stereocenters. The lowest BCUT2D eigenvalue weighted by molar-refractivity contribution is -0.178. The number of hydrogen-bond donors (Lipinski definition) is 1. The van der Waals surface area contributed by atoms with Crippen LogP contribution < -0.4 is 10.2 Å². The molecule has 1 aromatic carbocycles. The third-order valence-electron chi connectivity index (χ3n) is 4.80. The van der Waals surface area contributed by atoms with Crippen LogP contribution in [0.15, 0.2) is 24.5 Å². The molecule has 0 aliphatic carbocycles. The van der Waals surface area contributed by atoms with Crippen molar-refractivity contribution in [3.05, 3.63) is 30.1 Å². The summed E-state index contributed by atoms with van der Waals surface area (Å²) in [5.41, 5.74) is 1.48. The maximum atomic E-state index is 13.6. The predicted octanol–water partition coefficient (Wildman–Crippen LogP) is 1.94. The van der Waals surface area contributed by atoms with Gasteiger partial charge in [-0.25, -0.2) is 0 Å². The molecule has 29 heavy (non-hydrogen) atoms. The van der Waals surface area contributed by atoms with Crippen molar-refractivity contribution in [1.29, 1.82) is 5.26 Å². The second kappa shape index (κ2) is 8.21. The fourth-order valence-corrected chi connectivity index (χ4v) is 3.59. The Morgan fingerprint density at radius 1 is 1.28 bits per heavy atom. The number of carbonyl (C=O) groups excluding carboxylic acids is 1. The largest absolute Gasteiger partial charge is 0.393 e. The van der Waals surface area contributed by atoms with Gasteiger partial charge in [0.05, 0.1) is 23.7 Å². The number of benzene rings is 1. The number of likely N-dealkylation sites (N-methyl/N-ethyl adjacent to an activating group) is 1. The molecule has 0 unspecified atom stereocenters. The van der Waals surface area contributed by atoms with Crippen LogP contribution in [0.4, 0.5) is 18.9 Å². The minimum atomic E-state index is -4.39. The molecule has 3 rings (SSSR count). The third kappa shape index (κ3) is 4.74. The third-order valence-corrected chi connectivity index (χ3v) is 4.80. The number of rotatable bonds is 4. The minimum absolute atomic E-state index is 0.0957. The summed E-state index contributed by atoms with van der Waals surface area (Å²) in [4.78, 5) is 23.7. The maximum absolute atomic E-state index is 13.6. The second-order valence-corrected chi connectivity index (χ2v) is 7.38. The van der Waals surface area contributed by atoms with Crippen LogP contribution in [0.5, 0.6) is 0 Å². The van der Waals surface area contributed by atoms with E-state index in [4.69, 9.17) is 0 Å². The van der Waals surface area contributed by atoms with Gasteiger partial charge in [0.1, 0.15) is 17.1 Å². The molecule has 1 aromatic heterocycles. The number of anilines is 1. The molecule has 1 saturated heterocycles. The Kier molecular flexibility index (Phi) is 5.88. The number of amides is 1. The van der Waals surface area contributed by atoms with Crippen LogP contribution in [0.2, 0.25) is 0 Å². The van der Waals surface area contributed by atoms with E-state index in [1.165, 1.54) is 18.5 Å². The molecule has 1 amide bonds. The number of fused-ring (bicyclic) bond motifs is 1. The van der Waals surface area contributed by atoms with Gasteiger partial charge in [0.25, 0.3) is 0 Å². The number of carbonyl (C=O) groups is 1. The van der Waals surface area contributed by atoms with E-state index in [0.29, 0.717) is 22.3 Å². The first-order chi connectivity index (χ1) is 13.7. The number of nitrogens with zero attached hydrogens (tertiary/aromatic N) is 5. The molecule has 1 N–H and O–H groups in total. The Morgan fingerprint density at radius 3 is 2.59 bits per heavy atom. The van der Waals surface area contributed by atoms with Crippen molar-refractivity contribution in [1.82, 2.24) is 20.2 Å². The first-order valence-corrected chi connectivity index (χ1v) is 9.08. The van der Waals surface area contributed by atoms with Crippen LogP contribution in [0.3, 0.4) is 0 Å². The fourth-order valence-electron chi connectivity index (χ4n) is 3.59. The molecular formula is C19H21F3N6O. The number of piperidine rings is 1. The van der Waals surface area contributed by atoms with Gasteiger partial charge < -0.3 is 15.1 Å². The van der Waals surface area contributed by atoms with E-state index in [0.717, 1.165) is 0 Å². The molecule has 0 spiro atoms. The summed E-state index contributed by atoms with van der Waals surface area (Å²) in [6.45, 7) is 0.0584. The molecule has 1 fully saturated rings. The molecule has 2 heterocycles. The van der Waals surface area contributed by atoms with Gasteiger partial charge in [0, 0.05) is 31.5 Å². The number of halogens is 3. The topological polar surface area (TPSA) is 85.2 Å². The van der Waals surface area contributed by atoms with Gasteiger partial charge in [-0.1, -0.05) is 0 Å². The van der Waals surface area contributed by atoms with Gasteiger partial charge in [0.2, 0.25) is 5.91 Å². The van der Waals surface area contributed by atoms with Crippen LogP contribution >= 0.6 is 0 Å². The Hall–Kier alpha value is -2.93. The quantitative estimate of drug-likeness (QED) is 0.835. The molecule has 2 aromatic rings.